The molecule has 0 radical (unpaired) electrons. The molecule has 0 unspecified atom stereocenters. The predicted octanol–water partition coefficient (Wildman–Crippen LogP) is 1.01. The number of carbonyl (C=O) groups excluding carboxylic acids is 4. The summed E-state index contributed by atoms with van der Waals surface area (Å²) in [6.07, 6.45) is 0. The molecule has 1 aromatic carbocycles. The quantitative estimate of drug-likeness (QED) is 0.667. The van der Waals surface area contributed by atoms with Crippen LogP contribution < -0.4 is 5.32 Å². The van der Waals surface area contributed by atoms with Gasteiger partial charge in [0.1, 0.15) is 6.54 Å². The van der Waals surface area contributed by atoms with Gasteiger partial charge in [0.2, 0.25) is 5.91 Å². The molecule has 1 N–H and O–H groups in total. The Kier molecular flexibility index (Phi) is 3.95. The fourth-order valence-corrected chi connectivity index (χ4v) is 2.08. The van der Waals surface area contributed by atoms with Gasteiger partial charge in [-0.3, -0.25) is 19.3 Å². The molecular weight excluding hydrogens is 298 g/mol. The molecule has 0 aromatic heterocycles. The fourth-order valence-electron chi connectivity index (χ4n) is 1.85. The van der Waals surface area contributed by atoms with Crippen LogP contribution in [0, 0.1) is 6.92 Å². The van der Waals surface area contributed by atoms with E-state index in [2.05, 4.69) is 5.32 Å². The second kappa shape index (κ2) is 5.53. The molecule has 0 aliphatic carbocycles. The standard InChI is InChI=1S/C13H12ClN3O4/c1-7-5-8(14)3-4-9(7)15-10(18)6-17-12(20)11(19)16(2)13(17)21/h3-5H,6H2,1-2H3,(H,15,18). The number of hydrogen-bond donors (Lipinski definition) is 1. The summed E-state index contributed by atoms with van der Waals surface area (Å²) in [5.74, 6) is -2.54. The number of benzene rings is 1. The van der Waals surface area contributed by atoms with Gasteiger partial charge in [-0.2, -0.15) is 0 Å². The summed E-state index contributed by atoms with van der Waals surface area (Å²) in [4.78, 5) is 47.7. The Morgan fingerprint density at radius 2 is 1.90 bits per heavy atom. The number of anilines is 1. The third kappa shape index (κ3) is 2.87. The van der Waals surface area contributed by atoms with Gasteiger partial charge in [0.25, 0.3) is 0 Å². The van der Waals surface area contributed by atoms with E-state index in [0.29, 0.717) is 20.5 Å². The molecule has 0 spiro atoms. The largest absolute Gasteiger partial charge is 0.334 e. The van der Waals surface area contributed by atoms with Crippen molar-refractivity contribution in [3.8, 4) is 0 Å². The first-order valence-electron chi connectivity index (χ1n) is 6.00. The van der Waals surface area contributed by atoms with Crippen LogP contribution in [0.2, 0.25) is 5.02 Å². The van der Waals surface area contributed by atoms with Gasteiger partial charge in [-0.05, 0) is 30.7 Å². The highest BCUT2D eigenvalue weighted by Crippen LogP contribution is 2.19. The molecule has 2 rings (SSSR count). The van der Waals surface area contributed by atoms with E-state index in [1.165, 1.54) is 7.05 Å². The molecule has 7 nitrogen and oxygen atoms in total. The Morgan fingerprint density at radius 1 is 1.24 bits per heavy atom. The minimum absolute atomic E-state index is 0.517. The SMILES string of the molecule is Cc1cc(Cl)ccc1NC(=O)CN1C(=O)C(=O)N(C)C1=O. The summed E-state index contributed by atoms with van der Waals surface area (Å²) in [5, 5.41) is 3.09. The summed E-state index contributed by atoms with van der Waals surface area (Å²) in [6, 6.07) is 4.07. The van der Waals surface area contributed by atoms with Gasteiger partial charge in [-0.25, -0.2) is 9.69 Å². The molecule has 1 aliphatic heterocycles. The predicted molar refractivity (Wildman–Crippen MR) is 74.7 cm³/mol. The molecule has 1 aliphatic rings. The lowest BCUT2D eigenvalue weighted by atomic mass is 10.2. The summed E-state index contributed by atoms with van der Waals surface area (Å²) < 4.78 is 0. The third-order valence-electron chi connectivity index (χ3n) is 3.01. The van der Waals surface area contributed by atoms with E-state index in [4.69, 9.17) is 11.6 Å². The molecule has 1 fully saturated rings. The van der Waals surface area contributed by atoms with Crippen LogP contribution in [0.5, 0.6) is 0 Å². The van der Waals surface area contributed by atoms with Crippen LogP contribution in [0.15, 0.2) is 18.2 Å². The number of carbonyl (C=O) groups is 4. The maximum Gasteiger partial charge on any atom is 0.334 e. The number of likely N-dealkylation sites (N-methyl/N-ethyl adjacent to an activating group) is 1. The number of amides is 5. The van der Waals surface area contributed by atoms with E-state index in [1.54, 1.807) is 25.1 Å². The maximum absolute atomic E-state index is 11.9. The van der Waals surface area contributed by atoms with Crippen molar-refractivity contribution in [3.05, 3.63) is 28.8 Å². The van der Waals surface area contributed by atoms with Crippen molar-refractivity contribution in [2.75, 3.05) is 18.9 Å². The third-order valence-corrected chi connectivity index (χ3v) is 3.25. The monoisotopic (exact) mass is 309 g/mol. The zero-order valence-electron chi connectivity index (χ0n) is 11.3. The molecule has 1 aromatic rings. The summed E-state index contributed by atoms with van der Waals surface area (Å²) >= 11 is 5.81. The second-order valence-electron chi connectivity index (χ2n) is 4.55. The average Bonchev–Trinajstić information content (AvgIpc) is 2.60. The van der Waals surface area contributed by atoms with Crippen molar-refractivity contribution in [3.63, 3.8) is 0 Å². The fraction of sp³-hybridized carbons (Fsp3) is 0.231. The van der Waals surface area contributed by atoms with Gasteiger partial charge in [0, 0.05) is 17.8 Å². The van der Waals surface area contributed by atoms with E-state index < -0.39 is 30.3 Å². The van der Waals surface area contributed by atoms with E-state index >= 15 is 0 Å². The first kappa shape index (κ1) is 15.0. The lowest BCUT2D eigenvalue weighted by Gasteiger charge is -2.13. The van der Waals surface area contributed by atoms with Crippen molar-refractivity contribution >= 4 is 41.0 Å². The van der Waals surface area contributed by atoms with E-state index in [1.807, 2.05) is 0 Å². The normalized spacial score (nSPS) is 14.9. The smallest absolute Gasteiger partial charge is 0.324 e. The molecule has 1 heterocycles. The topological polar surface area (TPSA) is 86.8 Å². The molecule has 0 atom stereocenters. The van der Waals surface area contributed by atoms with Crippen LogP contribution in [0.3, 0.4) is 0 Å². The highest BCUT2D eigenvalue weighted by molar-refractivity contribution is 6.45. The first-order chi connectivity index (χ1) is 9.81. The van der Waals surface area contributed by atoms with Crippen LogP contribution in [0.25, 0.3) is 0 Å². The molecular formula is C13H12ClN3O4. The number of imide groups is 2. The minimum Gasteiger partial charge on any atom is -0.324 e. The van der Waals surface area contributed by atoms with Crippen molar-refractivity contribution in [1.82, 2.24) is 9.80 Å². The van der Waals surface area contributed by atoms with E-state index in [9.17, 15) is 19.2 Å². The zero-order valence-corrected chi connectivity index (χ0v) is 12.1. The number of aryl methyl sites for hydroxylation is 1. The number of nitrogens with zero attached hydrogens (tertiary/aromatic N) is 2. The molecule has 21 heavy (non-hydrogen) atoms. The van der Waals surface area contributed by atoms with Crippen molar-refractivity contribution in [2.24, 2.45) is 0 Å². The van der Waals surface area contributed by atoms with Crippen molar-refractivity contribution in [2.45, 2.75) is 6.92 Å². The van der Waals surface area contributed by atoms with Crippen LogP contribution in [-0.2, 0) is 14.4 Å². The number of halogens is 1. The van der Waals surface area contributed by atoms with Crippen molar-refractivity contribution < 1.29 is 19.2 Å². The van der Waals surface area contributed by atoms with Gasteiger partial charge < -0.3 is 5.32 Å². The average molecular weight is 310 g/mol. The molecule has 5 amide bonds. The highest BCUT2D eigenvalue weighted by atomic mass is 35.5. The van der Waals surface area contributed by atoms with Gasteiger partial charge in [-0.15, -0.1) is 0 Å². The Morgan fingerprint density at radius 3 is 2.43 bits per heavy atom. The second-order valence-corrected chi connectivity index (χ2v) is 4.98. The highest BCUT2D eigenvalue weighted by Gasteiger charge is 2.42. The summed E-state index contributed by atoms with van der Waals surface area (Å²) in [7, 11) is 1.18. The number of hydrogen-bond acceptors (Lipinski definition) is 4. The lowest BCUT2D eigenvalue weighted by Crippen LogP contribution is -2.38. The molecule has 8 heteroatoms. The van der Waals surface area contributed by atoms with Crippen LogP contribution in [0.4, 0.5) is 10.5 Å². The summed E-state index contributed by atoms with van der Waals surface area (Å²) in [5.41, 5.74) is 1.26. The molecule has 110 valence electrons. The first-order valence-corrected chi connectivity index (χ1v) is 6.38. The Labute approximate surface area is 125 Å². The number of urea groups is 1. The van der Waals surface area contributed by atoms with Gasteiger partial charge in [-0.1, -0.05) is 11.6 Å². The Bertz CT molecular complexity index is 659. The maximum atomic E-state index is 11.9. The zero-order chi connectivity index (χ0) is 15.7. The molecule has 0 bridgehead atoms. The molecule has 1 saturated heterocycles. The Balaban J connectivity index is 2.07. The van der Waals surface area contributed by atoms with Crippen LogP contribution >= 0.6 is 11.6 Å². The molecule has 0 saturated carbocycles. The van der Waals surface area contributed by atoms with Gasteiger partial charge in [0.05, 0.1) is 0 Å². The van der Waals surface area contributed by atoms with Crippen LogP contribution in [-0.4, -0.2) is 47.1 Å². The van der Waals surface area contributed by atoms with Crippen molar-refractivity contribution in [1.29, 1.82) is 0 Å². The minimum atomic E-state index is -1.01. The Hall–Kier alpha value is -2.41. The van der Waals surface area contributed by atoms with E-state index in [0.717, 1.165) is 5.56 Å². The van der Waals surface area contributed by atoms with Gasteiger partial charge >= 0.3 is 17.8 Å². The number of rotatable bonds is 3. The number of nitrogens with one attached hydrogen (secondary N) is 1. The van der Waals surface area contributed by atoms with Gasteiger partial charge in [0.15, 0.2) is 0 Å². The lowest BCUT2D eigenvalue weighted by molar-refractivity contribution is -0.143. The summed E-state index contributed by atoms with van der Waals surface area (Å²) in [6.45, 7) is 1.24. The van der Waals surface area contributed by atoms with Crippen LogP contribution in [0.1, 0.15) is 5.56 Å². The van der Waals surface area contributed by atoms with E-state index in [-0.39, 0.29) is 0 Å².